The summed E-state index contributed by atoms with van der Waals surface area (Å²) in [5.41, 5.74) is -6.65. The highest BCUT2D eigenvalue weighted by atomic mass is 79.9. The number of alkyl halides is 7. The molecule has 3 N–H and O–H groups in total. The predicted octanol–water partition coefficient (Wildman–Crippen LogP) is 8.20. The molecule has 0 aliphatic heterocycles. The Balaban J connectivity index is 1.82. The molecule has 3 rings (SSSR count). The first-order valence-electron chi connectivity index (χ1n) is 10.9. The highest BCUT2D eigenvalue weighted by Gasteiger charge is 2.73. The Bertz CT molecular complexity index is 1310. The van der Waals surface area contributed by atoms with Gasteiger partial charge in [0.05, 0.1) is 5.69 Å². The van der Waals surface area contributed by atoms with Gasteiger partial charge in [0.1, 0.15) is 0 Å². The predicted molar refractivity (Wildman–Crippen MR) is 132 cm³/mol. The number of amides is 3. The number of benzene rings is 3. The Morgan fingerprint density at radius 1 is 0.763 bits per heavy atom. The Morgan fingerprint density at radius 3 is 1.89 bits per heavy atom. The summed E-state index contributed by atoms with van der Waals surface area (Å²) in [4.78, 5) is 24.9. The van der Waals surface area contributed by atoms with Crippen LogP contribution in [0.3, 0.4) is 0 Å². The standard InChI is InChI=1S/C25H19BrF7N3O2/c1-2-14-11-16(23(27,24(28,29)30)25(31,32)33)12-19(26)20(14)36-22(38)35-18-10-6-9-17(13-18)34-21(37)15-7-4-3-5-8-15/h3-13H,2H2,1H3,(H,34,37)(H2,35,36,38). The maximum absolute atomic E-state index is 14.6. The van der Waals surface area contributed by atoms with Crippen LogP contribution in [0.4, 0.5) is 52.6 Å². The van der Waals surface area contributed by atoms with Crippen LogP contribution in [-0.4, -0.2) is 24.3 Å². The molecule has 0 spiro atoms. The molecule has 0 aromatic heterocycles. The fourth-order valence-corrected chi connectivity index (χ4v) is 4.11. The van der Waals surface area contributed by atoms with Gasteiger partial charge in [-0.05, 0) is 70.4 Å². The van der Waals surface area contributed by atoms with Crippen molar-refractivity contribution < 1.29 is 40.3 Å². The number of hydrogen-bond acceptors (Lipinski definition) is 2. The van der Waals surface area contributed by atoms with Crippen molar-refractivity contribution in [3.63, 3.8) is 0 Å². The van der Waals surface area contributed by atoms with Crippen LogP contribution >= 0.6 is 15.9 Å². The second-order valence-corrected chi connectivity index (χ2v) is 8.83. The molecule has 3 aromatic carbocycles. The molecule has 0 unspecified atom stereocenters. The van der Waals surface area contributed by atoms with Crippen molar-refractivity contribution >= 4 is 44.9 Å². The van der Waals surface area contributed by atoms with Crippen molar-refractivity contribution in [3.8, 4) is 0 Å². The Morgan fingerprint density at radius 2 is 1.34 bits per heavy atom. The van der Waals surface area contributed by atoms with Gasteiger partial charge in [0, 0.05) is 27.0 Å². The number of hydrogen-bond donors (Lipinski definition) is 3. The van der Waals surface area contributed by atoms with Crippen LogP contribution in [0, 0.1) is 0 Å². The van der Waals surface area contributed by atoms with Gasteiger partial charge in [-0.25, -0.2) is 9.18 Å². The molecule has 3 amide bonds. The van der Waals surface area contributed by atoms with Gasteiger partial charge in [-0.1, -0.05) is 31.2 Å². The second kappa shape index (κ2) is 11.0. The number of halogens is 8. The van der Waals surface area contributed by atoms with Crippen molar-refractivity contribution in [3.05, 3.63) is 87.9 Å². The number of carbonyl (C=O) groups excluding carboxylic acids is 2. The molecule has 3 aromatic rings. The maximum Gasteiger partial charge on any atom is 0.435 e. The van der Waals surface area contributed by atoms with Crippen molar-refractivity contribution in [1.82, 2.24) is 0 Å². The van der Waals surface area contributed by atoms with E-state index in [2.05, 4.69) is 31.9 Å². The first kappa shape index (κ1) is 29.0. The first-order valence-corrected chi connectivity index (χ1v) is 11.7. The van der Waals surface area contributed by atoms with E-state index in [1.165, 1.54) is 25.1 Å². The third kappa shape index (κ3) is 6.09. The molecule has 38 heavy (non-hydrogen) atoms. The van der Waals surface area contributed by atoms with Crippen molar-refractivity contribution in [2.75, 3.05) is 16.0 Å². The van der Waals surface area contributed by atoms with E-state index in [0.29, 0.717) is 23.4 Å². The molecule has 13 heteroatoms. The normalized spacial score (nSPS) is 12.1. The summed E-state index contributed by atoms with van der Waals surface area (Å²) in [5, 5.41) is 7.47. The topological polar surface area (TPSA) is 70.2 Å². The van der Waals surface area contributed by atoms with Crippen LogP contribution in [0.25, 0.3) is 0 Å². The fourth-order valence-electron chi connectivity index (χ4n) is 3.51. The summed E-state index contributed by atoms with van der Waals surface area (Å²) < 4.78 is 93.4. The maximum atomic E-state index is 14.6. The second-order valence-electron chi connectivity index (χ2n) is 7.98. The summed E-state index contributed by atoms with van der Waals surface area (Å²) >= 11 is 2.85. The van der Waals surface area contributed by atoms with Crippen LogP contribution in [-0.2, 0) is 12.1 Å². The van der Waals surface area contributed by atoms with Gasteiger partial charge in [-0.15, -0.1) is 0 Å². The van der Waals surface area contributed by atoms with Gasteiger partial charge in [-0.3, -0.25) is 4.79 Å². The summed E-state index contributed by atoms with van der Waals surface area (Å²) in [6.45, 7) is 1.41. The van der Waals surface area contributed by atoms with E-state index in [0.717, 1.165) is 0 Å². The smallest absolute Gasteiger partial charge is 0.322 e. The van der Waals surface area contributed by atoms with E-state index in [-0.39, 0.29) is 27.8 Å². The molecule has 0 aliphatic rings. The fraction of sp³-hybridized carbons (Fsp3) is 0.200. The van der Waals surface area contributed by atoms with Gasteiger partial charge in [-0.2, -0.15) is 26.3 Å². The number of carbonyl (C=O) groups is 2. The molecule has 202 valence electrons. The molecule has 0 fully saturated rings. The monoisotopic (exact) mass is 605 g/mol. The number of anilines is 3. The lowest BCUT2D eigenvalue weighted by Gasteiger charge is -2.31. The van der Waals surface area contributed by atoms with E-state index >= 15 is 0 Å². The van der Waals surface area contributed by atoms with Crippen LogP contribution in [0.2, 0.25) is 0 Å². The van der Waals surface area contributed by atoms with Crippen LogP contribution in [0.1, 0.15) is 28.4 Å². The average Bonchev–Trinajstić information content (AvgIpc) is 2.83. The zero-order chi connectivity index (χ0) is 28.3. The van der Waals surface area contributed by atoms with E-state index < -0.39 is 35.5 Å². The lowest BCUT2D eigenvalue weighted by molar-refractivity contribution is -0.348. The van der Waals surface area contributed by atoms with Crippen molar-refractivity contribution in [1.29, 1.82) is 0 Å². The van der Waals surface area contributed by atoms with Gasteiger partial charge in [0.25, 0.3) is 5.91 Å². The van der Waals surface area contributed by atoms with E-state index in [4.69, 9.17) is 0 Å². The lowest BCUT2D eigenvalue weighted by atomic mass is 9.91. The van der Waals surface area contributed by atoms with E-state index in [9.17, 15) is 40.3 Å². The van der Waals surface area contributed by atoms with E-state index in [1.807, 2.05) is 0 Å². The molecule has 0 aliphatic carbocycles. The summed E-state index contributed by atoms with van der Waals surface area (Å²) in [6.07, 6.45) is -12.7. The van der Waals surface area contributed by atoms with Crippen molar-refractivity contribution in [2.24, 2.45) is 0 Å². The molecule has 0 heterocycles. The number of nitrogens with one attached hydrogen (secondary N) is 3. The highest BCUT2D eigenvalue weighted by Crippen LogP contribution is 2.54. The number of aryl methyl sites for hydroxylation is 1. The Hall–Kier alpha value is -3.61. The van der Waals surface area contributed by atoms with Crippen LogP contribution < -0.4 is 16.0 Å². The third-order valence-electron chi connectivity index (χ3n) is 5.38. The number of rotatable bonds is 6. The van der Waals surface area contributed by atoms with Crippen LogP contribution in [0.5, 0.6) is 0 Å². The summed E-state index contributed by atoms with van der Waals surface area (Å²) in [5.74, 6) is -0.398. The zero-order valence-corrected chi connectivity index (χ0v) is 21.0. The lowest BCUT2D eigenvalue weighted by Crippen LogP contribution is -2.50. The SMILES string of the molecule is CCc1cc(C(F)(C(F)(F)F)C(F)(F)F)cc(Br)c1NC(=O)Nc1cccc(NC(=O)c2ccccc2)c1. The average molecular weight is 606 g/mol. The molecule has 0 saturated carbocycles. The van der Waals surface area contributed by atoms with Gasteiger partial charge in [0.15, 0.2) is 0 Å². The minimum atomic E-state index is -6.27. The van der Waals surface area contributed by atoms with Crippen LogP contribution in [0.15, 0.2) is 71.2 Å². The minimum absolute atomic E-state index is 0.130. The number of urea groups is 1. The third-order valence-corrected chi connectivity index (χ3v) is 6.01. The quantitative estimate of drug-likeness (QED) is 0.248. The first-order chi connectivity index (χ1) is 17.7. The molecule has 0 atom stereocenters. The molecule has 0 radical (unpaired) electrons. The molecule has 5 nitrogen and oxygen atoms in total. The molecular weight excluding hydrogens is 587 g/mol. The van der Waals surface area contributed by atoms with Gasteiger partial charge in [0.2, 0.25) is 0 Å². The highest BCUT2D eigenvalue weighted by molar-refractivity contribution is 9.10. The molecule has 0 saturated heterocycles. The van der Waals surface area contributed by atoms with Gasteiger partial charge >= 0.3 is 24.1 Å². The van der Waals surface area contributed by atoms with Gasteiger partial charge < -0.3 is 16.0 Å². The Kier molecular flexibility index (Phi) is 8.39. The largest absolute Gasteiger partial charge is 0.435 e. The molecular formula is C25H19BrF7N3O2. The Labute approximate surface area is 220 Å². The summed E-state index contributed by atoms with van der Waals surface area (Å²) in [7, 11) is 0. The zero-order valence-electron chi connectivity index (χ0n) is 19.4. The summed E-state index contributed by atoms with van der Waals surface area (Å²) in [6, 6.07) is 14.2. The van der Waals surface area contributed by atoms with Crippen molar-refractivity contribution in [2.45, 2.75) is 31.4 Å². The van der Waals surface area contributed by atoms with E-state index in [1.54, 1.807) is 36.4 Å². The molecule has 0 bridgehead atoms. The minimum Gasteiger partial charge on any atom is -0.322 e.